The molecule has 0 N–H and O–H groups in total. The van der Waals surface area contributed by atoms with Crippen LogP contribution in [0.4, 0.5) is 0 Å². The van der Waals surface area contributed by atoms with E-state index < -0.39 is 0 Å². The Morgan fingerprint density at radius 2 is 2.15 bits per heavy atom. The first-order valence-corrected chi connectivity index (χ1v) is 5.99. The second kappa shape index (κ2) is 4.26. The molecule has 0 saturated heterocycles. The lowest BCUT2D eigenvalue weighted by atomic mass is 10.3. The van der Waals surface area contributed by atoms with Crippen LogP contribution in [0.25, 0.3) is 17.2 Å². The van der Waals surface area contributed by atoms with Crippen LogP contribution in [0.1, 0.15) is 5.69 Å². The first-order valence-electron chi connectivity index (χ1n) is 5.99. The van der Waals surface area contributed by atoms with Gasteiger partial charge in [-0.3, -0.25) is 0 Å². The van der Waals surface area contributed by atoms with E-state index in [0.717, 1.165) is 11.3 Å². The zero-order valence-corrected chi connectivity index (χ0v) is 10.3. The number of hydrogen-bond donors (Lipinski definition) is 0. The summed E-state index contributed by atoms with van der Waals surface area (Å²) in [6.45, 7) is 0.453. The molecule has 0 amide bonds. The van der Waals surface area contributed by atoms with Crippen molar-refractivity contribution in [2.45, 2.75) is 6.54 Å². The molecule has 0 aliphatic carbocycles. The van der Waals surface area contributed by atoms with E-state index in [4.69, 9.17) is 4.42 Å². The molecule has 0 aliphatic rings. The fraction of sp³-hybridized carbons (Fsp3) is 0.0833. The number of nitrogens with zero attached hydrogens (tertiary/aromatic N) is 7. The molecule has 4 aromatic rings. The second-order valence-electron chi connectivity index (χ2n) is 4.17. The molecule has 4 heterocycles. The maximum Gasteiger partial charge on any atom is 0.240 e. The lowest BCUT2D eigenvalue weighted by molar-refractivity contribution is 0.552. The topological polar surface area (TPSA) is 86.9 Å². The molecule has 8 heteroatoms. The Hall–Kier alpha value is -3.03. The molecule has 8 nitrogen and oxygen atoms in total. The molecule has 0 fully saturated rings. The number of tetrazole rings is 1. The third-order valence-corrected chi connectivity index (χ3v) is 2.88. The van der Waals surface area contributed by atoms with Crippen LogP contribution in [0.5, 0.6) is 0 Å². The van der Waals surface area contributed by atoms with Crippen molar-refractivity contribution in [1.82, 2.24) is 34.8 Å². The summed E-state index contributed by atoms with van der Waals surface area (Å²) in [4.78, 5) is 5.63. The van der Waals surface area contributed by atoms with Crippen LogP contribution in [-0.4, -0.2) is 34.8 Å². The summed E-state index contributed by atoms with van der Waals surface area (Å²) in [6, 6.07) is 9.33. The summed E-state index contributed by atoms with van der Waals surface area (Å²) in [6.07, 6.45) is 3.09. The quantitative estimate of drug-likeness (QED) is 0.551. The predicted octanol–water partition coefficient (Wildman–Crippen LogP) is 1.02. The van der Waals surface area contributed by atoms with E-state index in [9.17, 15) is 0 Å². The van der Waals surface area contributed by atoms with E-state index in [1.807, 2.05) is 18.2 Å². The minimum Gasteiger partial charge on any atom is -0.461 e. The van der Waals surface area contributed by atoms with Crippen LogP contribution in [-0.2, 0) is 6.54 Å². The van der Waals surface area contributed by atoms with E-state index in [2.05, 4.69) is 25.5 Å². The van der Waals surface area contributed by atoms with Crippen molar-refractivity contribution >= 4 is 5.65 Å². The fourth-order valence-corrected chi connectivity index (χ4v) is 1.98. The van der Waals surface area contributed by atoms with E-state index in [1.54, 1.807) is 22.9 Å². The van der Waals surface area contributed by atoms with Crippen molar-refractivity contribution in [3.05, 3.63) is 48.6 Å². The standard InChI is InChI=1S/C12H9N7O/c1-3-9(19-11(5-1)13-8-14-19)7-18-16-12(15-17-18)10-4-2-6-20-10/h1-6,8H,7H2. The summed E-state index contributed by atoms with van der Waals surface area (Å²) in [5.41, 5.74) is 1.71. The average molecular weight is 267 g/mol. The molecule has 4 aromatic heterocycles. The normalized spacial score (nSPS) is 11.2. The summed E-state index contributed by atoms with van der Waals surface area (Å²) in [5.74, 6) is 1.05. The number of fused-ring (bicyclic) bond motifs is 1. The average Bonchev–Trinajstić information content (AvgIpc) is 3.20. The van der Waals surface area contributed by atoms with Crippen LogP contribution in [0, 0.1) is 0 Å². The second-order valence-corrected chi connectivity index (χ2v) is 4.17. The van der Waals surface area contributed by atoms with Gasteiger partial charge in [-0.05, 0) is 29.5 Å². The minimum atomic E-state index is 0.453. The third kappa shape index (κ3) is 1.74. The Bertz CT molecular complexity index is 846. The van der Waals surface area contributed by atoms with Gasteiger partial charge in [0.15, 0.2) is 11.4 Å². The zero-order valence-electron chi connectivity index (χ0n) is 10.3. The number of hydrogen-bond acceptors (Lipinski definition) is 6. The molecule has 98 valence electrons. The highest BCUT2D eigenvalue weighted by Gasteiger charge is 2.10. The third-order valence-electron chi connectivity index (χ3n) is 2.88. The maximum atomic E-state index is 5.24. The number of rotatable bonds is 3. The molecular formula is C12H9N7O. The minimum absolute atomic E-state index is 0.453. The van der Waals surface area contributed by atoms with Gasteiger partial charge in [-0.2, -0.15) is 9.90 Å². The number of pyridine rings is 1. The highest BCUT2D eigenvalue weighted by Crippen LogP contribution is 2.13. The summed E-state index contributed by atoms with van der Waals surface area (Å²) in [5, 5.41) is 16.4. The van der Waals surface area contributed by atoms with Gasteiger partial charge in [-0.25, -0.2) is 9.50 Å². The summed E-state index contributed by atoms with van der Waals surface area (Å²) < 4.78 is 6.98. The Labute approximate surface area is 112 Å². The first-order chi connectivity index (χ1) is 9.90. The van der Waals surface area contributed by atoms with Gasteiger partial charge < -0.3 is 4.42 Å². The van der Waals surface area contributed by atoms with E-state index in [1.165, 1.54) is 11.1 Å². The van der Waals surface area contributed by atoms with Crippen molar-refractivity contribution in [2.75, 3.05) is 0 Å². The number of aromatic nitrogens is 7. The molecule has 4 rings (SSSR count). The molecule has 20 heavy (non-hydrogen) atoms. The maximum absolute atomic E-state index is 5.24. The molecule has 0 aliphatic heterocycles. The molecule has 0 saturated carbocycles. The molecular weight excluding hydrogens is 258 g/mol. The molecule has 0 aromatic carbocycles. The Kier molecular flexibility index (Phi) is 2.31. The van der Waals surface area contributed by atoms with Crippen LogP contribution >= 0.6 is 0 Å². The van der Waals surface area contributed by atoms with E-state index in [0.29, 0.717) is 18.1 Å². The lowest BCUT2D eigenvalue weighted by Gasteiger charge is -2.01. The van der Waals surface area contributed by atoms with Gasteiger partial charge in [0.05, 0.1) is 12.0 Å². The summed E-state index contributed by atoms with van der Waals surface area (Å²) >= 11 is 0. The summed E-state index contributed by atoms with van der Waals surface area (Å²) in [7, 11) is 0. The molecule has 0 spiro atoms. The van der Waals surface area contributed by atoms with Gasteiger partial charge in [-0.1, -0.05) is 6.07 Å². The van der Waals surface area contributed by atoms with Gasteiger partial charge in [0.1, 0.15) is 12.9 Å². The predicted molar refractivity (Wildman–Crippen MR) is 67.6 cm³/mol. The van der Waals surface area contributed by atoms with Crippen LogP contribution < -0.4 is 0 Å². The zero-order chi connectivity index (χ0) is 13.4. The fourth-order valence-electron chi connectivity index (χ4n) is 1.98. The first kappa shape index (κ1) is 10.9. The van der Waals surface area contributed by atoms with E-state index in [-0.39, 0.29) is 0 Å². The van der Waals surface area contributed by atoms with Gasteiger partial charge in [-0.15, -0.1) is 10.2 Å². The SMILES string of the molecule is c1coc(-c2nnn(Cc3cccc4ncnn34)n2)c1. The smallest absolute Gasteiger partial charge is 0.240 e. The van der Waals surface area contributed by atoms with Gasteiger partial charge in [0.2, 0.25) is 5.82 Å². The van der Waals surface area contributed by atoms with Crippen molar-refractivity contribution in [1.29, 1.82) is 0 Å². The highest BCUT2D eigenvalue weighted by atomic mass is 16.3. The lowest BCUT2D eigenvalue weighted by Crippen LogP contribution is -2.08. The molecule has 0 bridgehead atoms. The van der Waals surface area contributed by atoms with Crippen LogP contribution in [0.3, 0.4) is 0 Å². The van der Waals surface area contributed by atoms with Crippen LogP contribution in [0.15, 0.2) is 47.3 Å². The highest BCUT2D eigenvalue weighted by molar-refractivity contribution is 5.44. The van der Waals surface area contributed by atoms with Gasteiger partial charge in [0.25, 0.3) is 0 Å². The molecule has 0 atom stereocenters. The van der Waals surface area contributed by atoms with E-state index >= 15 is 0 Å². The largest absolute Gasteiger partial charge is 0.461 e. The van der Waals surface area contributed by atoms with Gasteiger partial charge >= 0.3 is 0 Å². The van der Waals surface area contributed by atoms with Crippen molar-refractivity contribution < 1.29 is 4.42 Å². The van der Waals surface area contributed by atoms with Gasteiger partial charge in [0, 0.05) is 0 Å². The Balaban J connectivity index is 1.68. The molecule has 0 unspecified atom stereocenters. The van der Waals surface area contributed by atoms with Crippen molar-refractivity contribution in [3.63, 3.8) is 0 Å². The van der Waals surface area contributed by atoms with Crippen LogP contribution in [0.2, 0.25) is 0 Å². The van der Waals surface area contributed by atoms with Crippen molar-refractivity contribution in [2.24, 2.45) is 0 Å². The Morgan fingerprint density at radius 1 is 1.15 bits per heavy atom. The monoisotopic (exact) mass is 267 g/mol. The Morgan fingerprint density at radius 3 is 3.05 bits per heavy atom. The van der Waals surface area contributed by atoms with Crippen molar-refractivity contribution in [3.8, 4) is 11.6 Å². The number of furan rings is 1. The molecule has 0 radical (unpaired) electrons.